The molecule has 9 rings (SSSR count). The average molecular weight is 1050 g/mol. The van der Waals surface area contributed by atoms with Gasteiger partial charge >= 0.3 is 130 Å². The zero-order chi connectivity index (χ0) is 40.7. The number of ether oxygens (including phenoxy) is 3. The van der Waals surface area contributed by atoms with Crippen molar-refractivity contribution in [3.8, 4) is 0 Å². The standard InChI is InChI=1S/C12H15BrN4O.C12H15N4O.C7H5BrN2.C6H12ClNO.3CH3.Sn/c13-11-10-2-1-3-14-12(10)17(15-11)5-4-16-6-8-18-9-7-16;1-2-11-10-14-16(12(11)13-3-1)5-4-15-6-8-17-9-7-15;8-7-5-2-1-3-9-6(5)4-10-7;7-1-2-8-3-5-9-6-4-8;;;;/h1-3H,4-9H2;1-3H,4-9H2;1-3H,4H2;1-6H2;3*1H3;. The summed E-state index contributed by atoms with van der Waals surface area (Å²) in [6, 6.07) is 12.1. The van der Waals surface area contributed by atoms with Crippen LogP contribution in [0.5, 0.6) is 0 Å². The van der Waals surface area contributed by atoms with Gasteiger partial charge in [0.05, 0.1) is 50.6 Å². The fraction of sp³-hybridized carbons (Fsp3) is 0.550. The van der Waals surface area contributed by atoms with Gasteiger partial charge in [0.2, 0.25) is 0 Å². The van der Waals surface area contributed by atoms with Gasteiger partial charge < -0.3 is 9.47 Å². The van der Waals surface area contributed by atoms with Crippen molar-refractivity contribution >= 4 is 92.2 Å². The maximum atomic E-state index is 5.55. The van der Waals surface area contributed by atoms with E-state index < -0.39 is 18.4 Å². The molecular weight excluding hydrogens is 996 g/mol. The van der Waals surface area contributed by atoms with Crippen LogP contribution >= 0.6 is 43.5 Å². The molecule has 0 bridgehead atoms. The Morgan fingerprint density at radius 3 is 1.64 bits per heavy atom. The predicted molar refractivity (Wildman–Crippen MR) is 242 cm³/mol. The number of hydrogen-bond acceptors (Lipinski definition) is 12. The van der Waals surface area contributed by atoms with Crippen LogP contribution in [0.4, 0.5) is 0 Å². The Balaban J connectivity index is 0.000000138. The van der Waals surface area contributed by atoms with Crippen LogP contribution < -0.4 is 3.71 Å². The van der Waals surface area contributed by atoms with Gasteiger partial charge in [-0.25, -0.2) is 9.67 Å². The van der Waals surface area contributed by atoms with Gasteiger partial charge in [-0.3, -0.25) is 19.8 Å². The number of nitrogens with zero attached hydrogens (tertiary/aromatic N) is 11. The number of hydrogen-bond donors (Lipinski definition) is 0. The summed E-state index contributed by atoms with van der Waals surface area (Å²) in [5.74, 6) is 0.736. The third-order valence-electron chi connectivity index (χ3n) is 10.1. The van der Waals surface area contributed by atoms with Crippen LogP contribution in [0.3, 0.4) is 0 Å². The third-order valence-corrected chi connectivity index (χ3v) is 16.7. The third kappa shape index (κ3) is 13.2. The van der Waals surface area contributed by atoms with Crippen LogP contribution in [0.2, 0.25) is 14.8 Å². The van der Waals surface area contributed by atoms with E-state index in [1.165, 1.54) is 9.10 Å². The van der Waals surface area contributed by atoms with E-state index >= 15 is 0 Å². The van der Waals surface area contributed by atoms with Gasteiger partial charge in [-0.15, -0.1) is 11.6 Å². The summed E-state index contributed by atoms with van der Waals surface area (Å²) in [6.45, 7) is 16.8. The summed E-state index contributed by atoms with van der Waals surface area (Å²) in [4.78, 5) is 31.7. The average Bonchev–Trinajstić information content (AvgIpc) is 3.94. The summed E-state index contributed by atoms with van der Waals surface area (Å²) in [5, 5.41) is 11.8. The van der Waals surface area contributed by atoms with E-state index in [4.69, 9.17) is 30.9 Å². The van der Waals surface area contributed by atoms with Crippen molar-refractivity contribution in [2.75, 3.05) is 104 Å². The Bertz CT molecular complexity index is 2040. The van der Waals surface area contributed by atoms with Gasteiger partial charge in [-0.2, -0.15) is 5.10 Å². The number of pyridine rings is 3. The molecule has 14 nitrogen and oxygen atoms in total. The van der Waals surface area contributed by atoms with E-state index in [2.05, 4.69) is 97.2 Å². The second-order valence-electron chi connectivity index (χ2n) is 15.2. The molecule has 0 aromatic carbocycles. The quantitative estimate of drug-likeness (QED) is 0.144. The molecule has 9 heterocycles. The number of aromatic nitrogens is 7. The van der Waals surface area contributed by atoms with Crippen molar-refractivity contribution in [3.63, 3.8) is 0 Å². The number of fused-ring (bicyclic) bond motifs is 3. The van der Waals surface area contributed by atoms with Crippen molar-refractivity contribution < 1.29 is 14.2 Å². The first-order valence-corrected chi connectivity index (χ1v) is 32.2. The molecule has 0 atom stereocenters. The van der Waals surface area contributed by atoms with Gasteiger partial charge in [0.15, 0.2) is 5.65 Å². The van der Waals surface area contributed by atoms with Gasteiger partial charge in [0, 0.05) is 63.1 Å². The first kappa shape index (κ1) is 45.4. The van der Waals surface area contributed by atoms with E-state index in [9.17, 15) is 0 Å². The normalized spacial score (nSPS) is 17.7. The van der Waals surface area contributed by atoms with Gasteiger partial charge in [-0.05, 0) is 56.1 Å². The summed E-state index contributed by atoms with van der Waals surface area (Å²) in [7, 11) is 0. The minimum atomic E-state index is -2.21. The Kier molecular flexibility index (Phi) is 18.1. The fourth-order valence-electron chi connectivity index (χ4n) is 6.89. The molecule has 5 aromatic rings. The minimum absolute atomic E-state index is 0.719. The fourth-order valence-corrected chi connectivity index (χ4v) is 12.2. The summed E-state index contributed by atoms with van der Waals surface area (Å²) < 4.78 is 23.1. The zero-order valence-electron chi connectivity index (χ0n) is 33.9. The van der Waals surface area contributed by atoms with Crippen LogP contribution in [-0.4, -0.2) is 177 Å². The SMILES string of the molecule is BrC1=NCc2ncccc21.Brc1nn(CCN2CCOCC2)c2ncccc12.ClCCN1CCOCC1.[CH3][Sn]([CH3])([CH3])[c]1nn(CCN2CCOCC2)c2ncccc12. The topological polar surface area (TPSA) is 124 Å². The monoisotopic (exact) mass is 1050 g/mol. The van der Waals surface area contributed by atoms with Crippen LogP contribution in [0, 0.1) is 0 Å². The molecule has 3 fully saturated rings. The van der Waals surface area contributed by atoms with E-state index in [-0.39, 0.29) is 0 Å². The van der Waals surface area contributed by atoms with Crippen LogP contribution in [0.1, 0.15) is 11.3 Å². The predicted octanol–water partition coefficient (Wildman–Crippen LogP) is 5.13. The van der Waals surface area contributed by atoms with Crippen LogP contribution in [0.25, 0.3) is 22.1 Å². The first-order valence-electron chi connectivity index (χ1n) is 20.1. The summed E-state index contributed by atoms with van der Waals surface area (Å²) >= 11 is 10.2. The summed E-state index contributed by atoms with van der Waals surface area (Å²) in [5.41, 5.74) is 4.18. The van der Waals surface area contributed by atoms with Gasteiger partial charge in [0.1, 0.15) is 9.22 Å². The number of morpholine rings is 3. The number of aliphatic imine (C=N–C) groups is 1. The second kappa shape index (κ2) is 23.2. The molecule has 4 aliphatic rings. The molecule has 0 radical (unpaired) electrons. The molecular formula is C40H56Br2ClN11O3Sn. The Morgan fingerprint density at radius 2 is 1.10 bits per heavy atom. The number of alkyl halides is 1. The molecule has 0 unspecified atom stereocenters. The van der Waals surface area contributed by atoms with Crippen molar-refractivity contribution in [2.45, 2.75) is 34.5 Å². The number of halogens is 3. The van der Waals surface area contributed by atoms with Gasteiger partial charge in [-0.1, -0.05) is 0 Å². The molecule has 4 aliphatic heterocycles. The van der Waals surface area contributed by atoms with Gasteiger partial charge in [0.25, 0.3) is 0 Å². The van der Waals surface area contributed by atoms with Crippen LogP contribution in [-0.2, 0) is 33.8 Å². The molecule has 314 valence electrons. The molecule has 0 aliphatic carbocycles. The molecule has 0 spiro atoms. The summed E-state index contributed by atoms with van der Waals surface area (Å²) in [6.07, 6.45) is 5.47. The van der Waals surface area contributed by atoms with Crippen molar-refractivity contribution in [3.05, 3.63) is 70.8 Å². The van der Waals surface area contributed by atoms with Crippen LogP contribution in [0.15, 0.2) is 64.6 Å². The first-order chi connectivity index (χ1) is 28.2. The molecule has 0 saturated carbocycles. The van der Waals surface area contributed by atoms with E-state index in [0.29, 0.717) is 0 Å². The Labute approximate surface area is 367 Å². The van der Waals surface area contributed by atoms with E-state index in [1.807, 2.05) is 47.4 Å². The Morgan fingerprint density at radius 1 is 0.621 bits per heavy atom. The second-order valence-corrected chi connectivity index (χ2v) is 31.3. The molecule has 3 saturated heterocycles. The van der Waals surface area contributed by atoms with Crippen molar-refractivity contribution in [1.82, 2.24) is 49.2 Å². The molecule has 0 N–H and O–H groups in total. The maximum absolute atomic E-state index is 5.55. The van der Waals surface area contributed by atoms with Crippen molar-refractivity contribution in [1.29, 1.82) is 0 Å². The Hall–Kier alpha value is -2.13. The van der Waals surface area contributed by atoms with E-state index in [0.717, 1.165) is 161 Å². The molecule has 18 heteroatoms. The number of rotatable bonds is 9. The molecule has 5 aromatic heterocycles. The van der Waals surface area contributed by atoms with E-state index in [1.54, 1.807) is 6.20 Å². The molecule has 0 amide bonds. The molecule has 58 heavy (non-hydrogen) atoms. The zero-order valence-corrected chi connectivity index (χ0v) is 40.7. The van der Waals surface area contributed by atoms with Crippen molar-refractivity contribution in [2.24, 2.45) is 4.99 Å².